The Hall–Kier alpha value is -3.06. The number of piperazine rings is 1. The van der Waals surface area contributed by atoms with Crippen molar-refractivity contribution in [1.29, 1.82) is 0 Å². The molecule has 1 saturated heterocycles. The Labute approximate surface area is 187 Å². The molecular formula is C24H27N3O3S. The van der Waals surface area contributed by atoms with Crippen LogP contribution in [-0.2, 0) is 11.2 Å². The summed E-state index contributed by atoms with van der Waals surface area (Å²) in [7, 11) is 3.23. The van der Waals surface area contributed by atoms with Gasteiger partial charge in [-0.15, -0.1) is 11.3 Å². The minimum absolute atomic E-state index is 0.132. The summed E-state index contributed by atoms with van der Waals surface area (Å²) < 4.78 is 10.7. The lowest BCUT2D eigenvalue weighted by atomic mass is 10.2. The van der Waals surface area contributed by atoms with Gasteiger partial charge in [-0.2, -0.15) is 0 Å². The van der Waals surface area contributed by atoms with Gasteiger partial charge < -0.3 is 19.3 Å². The molecule has 0 aliphatic carbocycles. The average Bonchev–Trinajstić information content (AvgIpc) is 3.27. The Balaban J connectivity index is 1.36. The lowest BCUT2D eigenvalue weighted by Crippen LogP contribution is -2.49. The predicted molar refractivity (Wildman–Crippen MR) is 124 cm³/mol. The fraction of sp³-hybridized carbons (Fsp3) is 0.333. The molecule has 0 radical (unpaired) electrons. The van der Waals surface area contributed by atoms with Crippen LogP contribution in [0.5, 0.6) is 11.5 Å². The van der Waals surface area contributed by atoms with Crippen LogP contribution in [-0.4, -0.2) is 56.2 Å². The number of aromatic nitrogens is 1. The third-order valence-corrected chi connectivity index (χ3v) is 6.45. The van der Waals surface area contributed by atoms with Crippen molar-refractivity contribution in [2.24, 2.45) is 0 Å². The highest BCUT2D eigenvalue weighted by molar-refractivity contribution is 7.13. The molecule has 0 atom stereocenters. The Morgan fingerprint density at radius 3 is 2.52 bits per heavy atom. The summed E-state index contributed by atoms with van der Waals surface area (Å²) in [6, 6.07) is 14.3. The number of hydrogen-bond acceptors (Lipinski definition) is 6. The van der Waals surface area contributed by atoms with Crippen molar-refractivity contribution in [2.75, 3.05) is 45.3 Å². The van der Waals surface area contributed by atoms with Gasteiger partial charge in [-0.25, -0.2) is 4.98 Å². The van der Waals surface area contributed by atoms with E-state index >= 15 is 0 Å². The molecule has 0 unspecified atom stereocenters. The molecule has 1 amide bonds. The number of rotatable bonds is 6. The second kappa shape index (κ2) is 9.39. The fourth-order valence-electron chi connectivity index (χ4n) is 3.80. The van der Waals surface area contributed by atoms with Crippen LogP contribution >= 0.6 is 11.3 Å². The molecular weight excluding hydrogens is 410 g/mol. The number of carbonyl (C=O) groups excluding carboxylic acids is 1. The molecule has 1 aliphatic rings. The largest absolute Gasteiger partial charge is 0.493 e. The Morgan fingerprint density at radius 1 is 1.03 bits per heavy atom. The fourth-order valence-corrected chi connectivity index (χ4v) is 4.61. The van der Waals surface area contributed by atoms with Gasteiger partial charge >= 0.3 is 0 Å². The molecule has 1 aliphatic heterocycles. The molecule has 1 fully saturated rings. The van der Waals surface area contributed by atoms with Crippen molar-refractivity contribution in [3.05, 3.63) is 59.1 Å². The van der Waals surface area contributed by atoms with Crippen molar-refractivity contribution in [2.45, 2.75) is 13.3 Å². The highest BCUT2D eigenvalue weighted by Gasteiger charge is 2.22. The van der Waals surface area contributed by atoms with Crippen LogP contribution in [0, 0.1) is 6.92 Å². The van der Waals surface area contributed by atoms with Crippen molar-refractivity contribution in [3.8, 4) is 22.1 Å². The summed E-state index contributed by atoms with van der Waals surface area (Å²) in [5.74, 6) is 1.48. The molecule has 0 bridgehead atoms. The Kier molecular flexibility index (Phi) is 6.42. The first-order chi connectivity index (χ1) is 15.1. The zero-order valence-corrected chi connectivity index (χ0v) is 18.9. The Bertz CT molecular complexity index is 1060. The SMILES string of the molecule is COc1ccc(-c2nc(CC(=O)N3CCN(c4cccc(C)c4)CC3)cs2)cc1OC. The number of carbonyl (C=O) groups is 1. The van der Waals surface area contributed by atoms with E-state index in [9.17, 15) is 4.79 Å². The minimum Gasteiger partial charge on any atom is -0.493 e. The molecule has 4 rings (SSSR count). The predicted octanol–water partition coefficient (Wildman–Crippen LogP) is 4.03. The average molecular weight is 438 g/mol. The minimum atomic E-state index is 0.132. The molecule has 7 heteroatoms. The summed E-state index contributed by atoms with van der Waals surface area (Å²) in [4.78, 5) is 21.8. The molecule has 6 nitrogen and oxygen atoms in total. The molecule has 3 aromatic rings. The third kappa shape index (κ3) is 4.82. The van der Waals surface area contributed by atoms with E-state index < -0.39 is 0 Å². The Morgan fingerprint density at radius 2 is 1.81 bits per heavy atom. The first-order valence-corrected chi connectivity index (χ1v) is 11.2. The first-order valence-electron chi connectivity index (χ1n) is 10.3. The summed E-state index contributed by atoms with van der Waals surface area (Å²) in [6.45, 7) is 5.28. The van der Waals surface area contributed by atoms with Crippen molar-refractivity contribution in [3.63, 3.8) is 0 Å². The molecule has 162 valence electrons. The summed E-state index contributed by atoms with van der Waals surface area (Å²) in [5, 5.41) is 2.83. The first kappa shape index (κ1) is 21.2. The number of hydrogen-bond donors (Lipinski definition) is 0. The molecule has 0 saturated carbocycles. The summed E-state index contributed by atoms with van der Waals surface area (Å²) in [6.07, 6.45) is 0.328. The normalized spacial score (nSPS) is 13.9. The maximum absolute atomic E-state index is 12.8. The monoisotopic (exact) mass is 437 g/mol. The van der Waals surface area contributed by atoms with E-state index in [2.05, 4.69) is 41.1 Å². The molecule has 0 spiro atoms. The van der Waals surface area contributed by atoms with E-state index in [1.807, 2.05) is 28.5 Å². The van der Waals surface area contributed by atoms with E-state index in [-0.39, 0.29) is 5.91 Å². The summed E-state index contributed by atoms with van der Waals surface area (Å²) in [5.41, 5.74) is 4.24. The maximum Gasteiger partial charge on any atom is 0.228 e. The number of thiazole rings is 1. The van der Waals surface area contributed by atoms with E-state index in [0.717, 1.165) is 42.4 Å². The van der Waals surface area contributed by atoms with E-state index in [4.69, 9.17) is 9.47 Å². The second-order valence-corrected chi connectivity index (χ2v) is 8.46. The topological polar surface area (TPSA) is 54.9 Å². The number of amides is 1. The van der Waals surface area contributed by atoms with Crippen LogP contribution in [0.3, 0.4) is 0 Å². The van der Waals surface area contributed by atoms with Gasteiger partial charge in [-0.1, -0.05) is 12.1 Å². The highest BCUT2D eigenvalue weighted by atomic mass is 32.1. The quantitative estimate of drug-likeness (QED) is 0.583. The van der Waals surface area contributed by atoms with Gasteiger partial charge in [-0.05, 0) is 42.8 Å². The van der Waals surface area contributed by atoms with E-state index in [1.165, 1.54) is 22.6 Å². The van der Waals surface area contributed by atoms with Gasteiger partial charge in [-0.3, -0.25) is 4.79 Å². The number of aryl methyl sites for hydroxylation is 1. The van der Waals surface area contributed by atoms with E-state index in [0.29, 0.717) is 17.9 Å². The van der Waals surface area contributed by atoms with Crippen LogP contribution in [0.1, 0.15) is 11.3 Å². The lowest BCUT2D eigenvalue weighted by Gasteiger charge is -2.36. The molecule has 2 aromatic carbocycles. The number of anilines is 1. The van der Waals surface area contributed by atoms with Crippen molar-refractivity contribution in [1.82, 2.24) is 9.88 Å². The van der Waals surface area contributed by atoms with Gasteiger partial charge in [0.15, 0.2) is 11.5 Å². The standard InChI is InChI=1S/C24H27N3O3S/c1-17-5-4-6-20(13-17)26-9-11-27(12-10-26)23(28)15-19-16-31-24(25-19)18-7-8-21(29-2)22(14-18)30-3/h4-8,13-14,16H,9-12,15H2,1-3H3. The smallest absolute Gasteiger partial charge is 0.228 e. The van der Waals surface area contributed by atoms with Crippen molar-refractivity contribution >= 4 is 22.9 Å². The molecule has 1 aromatic heterocycles. The van der Waals surface area contributed by atoms with E-state index in [1.54, 1.807) is 14.2 Å². The number of nitrogens with zero attached hydrogens (tertiary/aromatic N) is 3. The van der Waals surface area contributed by atoms with Gasteiger partial charge in [0, 0.05) is 42.8 Å². The highest BCUT2D eigenvalue weighted by Crippen LogP contribution is 2.33. The lowest BCUT2D eigenvalue weighted by molar-refractivity contribution is -0.130. The van der Waals surface area contributed by atoms with Gasteiger partial charge in [0.1, 0.15) is 5.01 Å². The number of benzene rings is 2. The third-order valence-electron chi connectivity index (χ3n) is 5.51. The van der Waals surface area contributed by atoms with Gasteiger partial charge in [0.25, 0.3) is 0 Å². The van der Waals surface area contributed by atoms with Crippen LogP contribution in [0.2, 0.25) is 0 Å². The zero-order chi connectivity index (χ0) is 21.8. The maximum atomic E-state index is 12.8. The summed E-state index contributed by atoms with van der Waals surface area (Å²) >= 11 is 1.54. The van der Waals surface area contributed by atoms with Gasteiger partial charge in [0.2, 0.25) is 5.91 Å². The van der Waals surface area contributed by atoms with Crippen LogP contribution in [0.4, 0.5) is 5.69 Å². The van der Waals surface area contributed by atoms with Crippen LogP contribution in [0.15, 0.2) is 47.8 Å². The molecule has 0 N–H and O–H groups in total. The van der Waals surface area contributed by atoms with Gasteiger partial charge in [0.05, 0.1) is 26.3 Å². The molecule has 31 heavy (non-hydrogen) atoms. The number of methoxy groups -OCH3 is 2. The molecule has 2 heterocycles. The number of ether oxygens (including phenoxy) is 2. The van der Waals surface area contributed by atoms with Crippen LogP contribution in [0.25, 0.3) is 10.6 Å². The zero-order valence-electron chi connectivity index (χ0n) is 18.1. The van der Waals surface area contributed by atoms with Crippen LogP contribution < -0.4 is 14.4 Å². The van der Waals surface area contributed by atoms with Crippen molar-refractivity contribution < 1.29 is 14.3 Å². The second-order valence-electron chi connectivity index (χ2n) is 7.60.